The minimum absolute atomic E-state index is 1.21. The molecule has 0 aliphatic heterocycles. The van der Waals surface area contributed by atoms with Gasteiger partial charge in [-0.25, -0.2) is 0 Å². The molecule has 0 radical (unpaired) electrons. The summed E-state index contributed by atoms with van der Waals surface area (Å²) in [6, 6.07) is 0. The molecule has 0 saturated heterocycles. The number of aliphatic hydroxyl groups is 1. The Kier molecular flexibility index (Phi) is 3.06. The second-order valence-electron chi connectivity index (χ2n) is 3.75. The van der Waals surface area contributed by atoms with Crippen LogP contribution in [0, 0.1) is 0 Å². The van der Waals surface area contributed by atoms with E-state index in [2.05, 4.69) is 4.43 Å². The first kappa shape index (κ1) is 12.0. The second kappa shape index (κ2) is 3.06. The minimum atomic E-state index is -4.56. The highest BCUT2D eigenvalue weighted by atomic mass is 28.4. The molecule has 6 heteroatoms. The van der Waals surface area contributed by atoms with E-state index in [4.69, 9.17) is 14.4 Å². The van der Waals surface area contributed by atoms with E-state index in [1.54, 1.807) is 0 Å². The van der Waals surface area contributed by atoms with Gasteiger partial charge in [-0.15, -0.1) is 0 Å². The van der Waals surface area contributed by atoms with Crippen molar-refractivity contribution in [3.8, 4) is 0 Å². The van der Waals surface area contributed by atoms with Gasteiger partial charge in [0.25, 0.3) is 0 Å². The molecule has 5 nitrogen and oxygen atoms in total. The van der Waals surface area contributed by atoms with Crippen LogP contribution in [0.25, 0.3) is 0 Å². The fraction of sp³-hybridized carbons (Fsp3) is 1.00. The highest BCUT2D eigenvalue weighted by Crippen LogP contribution is 2.26. The van der Waals surface area contributed by atoms with Crippen molar-refractivity contribution < 1.29 is 23.9 Å². The average Bonchev–Trinajstić information content (AvgIpc) is 1.52. The van der Waals surface area contributed by atoms with Crippen LogP contribution in [0.15, 0.2) is 0 Å². The third kappa shape index (κ3) is 3.61. The van der Waals surface area contributed by atoms with E-state index < -0.39 is 20.3 Å². The Labute approximate surface area is 72.7 Å². The Bertz CT molecular complexity index is 154. The molecule has 0 saturated carbocycles. The van der Waals surface area contributed by atoms with Crippen LogP contribution >= 0.6 is 0 Å². The van der Waals surface area contributed by atoms with Gasteiger partial charge >= 0.3 is 9.05 Å². The van der Waals surface area contributed by atoms with E-state index in [9.17, 15) is 5.11 Å². The van der Waals surface area contributed by atoms with Crippen LogP contribution in [0.3, 0.4) is 0 Å². The molecule has 0 aromatic rings. The first-order chi connectivity index (χ1) is 4.96. The lowest BCUT2D eigenvalue weighted by Crippen LogP contribution is -2.56. The van der Waals surface area contributed by atoms with Crippen LogP contribution in [-0.4, -0.2) is 39.7 Å². The molecule has 12 heavy (non-hydrogen) atoms. The zero-order valence-corrected chi connectivity index (χ0v) is 8.70. The lowest BCUT2D eigenvalue weighted by Gasteiger charge is -2.38. The minimum Gasteiger partial charge on any atom is -0.388 e. The lowest BCUT2D eigenvalue weighted by atomic mass is 9.90. The molecule has 74 valence electrons. The van der Waals surface area contributed by atoms with Crippen molar-refractivity contribution in [1.29, 1.82) is 0 Å². The van der Waals surface area contributed by atoms with Gasteiger partial charge in [-0.3, -0.25) is 0 Å². The van der Waals surface area contributed by atoms with Crippen molar-refractivity contribution in [3.05, 3.63) is 0 Å². The van der Waals surface area contributed by atoms with Crippen LogP contribution in [0.5, 0.6) is 0 Å². The van der Waals surface area contributed by atoms with Crippen molar-refractivity contribution >= 4 is 9.05 Å². The molecular weight excluding hydrogens is 180 g/mol. The molecule has 0 spiro atoms. The summed E-state index contributed by atoms with van der Waals surface area (Å²) in [6.45, 7) is 5.81. The Morgan fingerprint density at radius 3 is 1.42 bits per heavy atom. The smallest absolute Gasteiger partial charge is 0.388 e. The molecule has 0 amide bonds. The maximum Gasteiger partial charge on any atom is 0.671 e. The van der Waals surface area contributed by atoms with Gasteiger partial charge in [-0.2, -0.15) is 0 Å². The van der Waals surface area contributed by atoms with Crippen LogP contribution < -0.4 is 0 Å². The van der Waals surface area contributed by atoms with Gasteiger partial charge in [0.2, 0.25) is 0 Å². The summed E-state index contributed by atoms with van der Waals surface area (Å²) < 4.78 is 4.55. The van der Waals surface area contributed by atoms with E-state index in [0.29, 0.717) is 0 Å². The monoisotopic (exact) mass is 196 g/mol. The molecule has 0 aliphatic rings. The van der Waals surface area contributed by atoms with Gasteiger partial charge in [0.1, 0.15) is 0 Å². The quantitative estimate of drug-likeness (QED) is 0.433. The summed E-state index contributed by atoms with van der Waals surface area (Å²) in [5.74, 6) is 0. The van der Waals surface area contributed by atoms with E-state index in [1.165, 1.54) is 27.7 Å². The van der Waals surface area contributed by atoms with Crippen molar-refractivity contribution in [2.24, 2.45) is 0 Å². The normalized spacial score (nSPS) is 15.0. The average molecular weight is 196 g/mol. The summed E-state index contributed by atoms with van der Waals surface area (Å²) in [7, 11) is -4.56. The molecule has 4 N–H and O–H groups in total. The summed E-state index contributed by atoms with van der Waals surface area (Å²) in [5.41, 5.74) is -2.48. The third-order valence-electron chi connectivity index (χ3n) is 1.87. The van der Waals surface area contributed by atoms with Gasteiger partial charge in [0.15, 0.2) is 0 Å². The molecule has 0 heterocycles. The van der Waals surface area contributed by atoms with Crippen LogP contribution in [0.1, 0.15) is 27.7 Å². The Morgan fingerprint density at radius 2 is 1.33 bits per heavy atom. The molecule has 0 unspecified atom stereocenters. The number of hydrogen-bond acceptors (Lipinski definition) is 5. The highest BCUT2D eigenvalue weighted by molar-refractivity contribution is 6.48. The highest BCUT2D eigenvalue weighted by Gasteiger charge is 2.45. The maximum atomic E-state index is 9.47. The predicted octanol–water partition coefficient (Wildman–Crippen LogP) is -1.03. The standard InChI is InChI=1S/C6H16O5Si/c1-5(2,7)6(3,4)11-12(8,9)10/h7-10H,1-4H3. The van der Waals surface area contributed by atoms with E-state index in [0.717, 1.165) is 0 Å². The lowest BCUT2D eigenvalue weighted by molar-refractivity contribution is -0.133. The Hall–Kier alpha value is 0.0169. The SMILES string of the molecule is CC(C)(O)C(C)(C)O[Si](O)(O)O. The van der Waals surface area contributed by atoms with Gasteiger partial charge in [0, 0.05) is 0 Å². The van der Waals surface area contributed by atoms with Crippen LogP contribution in [0.4, 0.5) is 0 Å². The molecule has 0 atom stereocenters. The first-order valence-corrected chi connectivity index (χ1v) is 5.30. The van der Waals surface area contributed by atoms with Crippen LogP contribution in [-0.2, 0) is 4.43 Å². The predicted molar refractivity (Wildman–Crippen MR) is 43.9 cm³/mol. The molecule has 0 aliphatic carbocycles. The summed E-state index contributed by atoms with van der Waals surface area (Å²) in [6.07, 6.45) is 0. The van der Waals surface area contributed by atoms with Gasteiger partial charge in [-0.05, 0) is 27.7 Å². The first-order valence-electron chi connectivity index (χ1n) is 3.55. The third-order valence-corrected chi connectivity index (χ3v) is 2.65. The van der Waals surface area contributed by atoms with Crippen LogP contribution in [0.2, 0.25) is 0 Å². The summed E-state index contributed by atoms with van der Waals surface area (Å²) in [4.78, 5) is 25.9. The molecule has 0 aromatic carbocycles. The van der Waals surface area contributed by atoms with E-state index in [1.807, 2.05) is 0 Å². The van der Waals surface area contributed by atoms with Gasteiger partial charge < -0.3 is 23.9 Å². The van der Waals surface area contributed by atoms with Crippen molar-refractivity contribution in [1.82, 2.24) is 0 Å². The van der Waals surface area contributed by atoms with E-state index >= 15 is 0 Å². The zero-order chi connectivity index (χ0) is 10.2. The van der Waals surface area contributed by atoms with Gasteiger partial charge in [-0.1, -0.05) is 0 Å². The zero-order valence-electron chi connectivity index (χ0n) is 7.70. The van der Waals surface area contributed by atoms with Crippen molar-refractivity contribution in [2.75, 3.05) is 0 Å². The molecule has 0 bridgehead atoms. The fourth-order valence-corrected chi connectivity index (χ4v) is 1.40. The molecule has 0 rings (SSSR count). The van der Waals surface area contributed by atoms with Crippen molar-refractivity contribution in [3.63, 3.8) is 0 Å². The largest absolute Gasteiger partial charge is 0.671 e. The maximum absolute atomic E-state index is 9.47. The Morgan fingerprint density at radius 1 is 1.00 bits per heavy atom. The molecular formula is C6H16O5Si. The number of rotatable bonds is 3. The Balaban J connectivity index is 4.44. The van der Waals surface area contributed by atoms with Crippen molar-refractivity contribution in [2.45, 2.75) is 38.9 Å². The molecule has 0 fully saturated rings. The fourth-order valence-electron chi connectivity index (χ4n) is 0.467. The summed E-state index contributed by atoms with van der Waals surface area (Å²) >= 11 is 0. The topological polar surface area (TPSA) is 90.2 Å². The summed E-state index contributed by atoms with van der Waals surface area (Å²) in [5, 5.41) is 9.47. The van der Waals surface area contributed by atoms with Gasteiger partial charge in [0.05, 0.1) is 11.2 Å². The second-order valence-corrected chi connectivity index (χ2v) is 5.10. The molecule has 0 aromatic heterocycles. The number of hydrogen-bond donors (Lipinski definition) is 4. The van der Waals surface area contributed by atoms with E-state index in [-0.39, 0.29) is 0 Å².